The molecule has 1 aliphatic rings. The molecule has 0 heterocycles. The quantitative estimate of drug-likeness (QED) is 0.559. The summed E-state index contributed by atoms with van der Waals surface area (Å²) >= 11 is 0. The van der Waals surface area contributed by atoms with Crippen LogP contribution < -0.4 is 5.73 Å². The summed E-state index contributed by atoms with van der Waals surface area (Å²) in [6.45, 7) is 4.36. The predicted octanol–water partition coefficient (Wildman–Crippen LogP) is 2.88. The highest BCUT2D eigenvalue weighted by Gasteiger charge is 2.21. The minimum atomic E-state index is 0.150. The zero-order valence-corrected chi connectivity index (χ0v) is 9.17. The summed E-state index contributed by atoms with van der Waals surface area (Å²) in [7, 11) is 0. The van der Waals surface area contributed by atoms with Crippen LogP contribution in [0.4, 0.5) is 0 Å². The Hall–Kier alpha value is -1.57. The van der Waals surface area contributed by atoms with Gasteiger partial charge in [0.2, 0.25) is 0 Å². The van der Waals surface area contributed by atoms with Crippen molar-refractivity contribution in [2.75, 3.05) is 0 Å². The summed E-state index contributed by atoms with van der Waals surface area (Å²) in [4.78, 5) is 0. The van der Waals surface area contributed by atoms with E-state index in [0.717, 1.165) is 12.0 Å². The Morgan fingerprint density at radius 3 is 2.80 bits per heavy atom. The molecule has 2 heteroatoms. The smallest absolute Gasteiger partial charge is 0.122 e. The van der Waals surface area contributed by atoms with E-state index in [1.807, 2.05) is 6.07 Å². The van der Waals surface area contributed by atoms with Crippen LogP contribution in [0.2, 0.25) is 0 Å². The first-order valence-electron chi connectivity index (χ1n) is 5.30. The van der Waals surface area contributed by atoms with Gasteiger partial charge in [0.05, 0.1) is 0 Å². The molecule has 2 rings (SSSR count). The topological polar surface area (TPSA) is 49.9 Å². The van der Waals surface area contributed by atoms with Crippen LogP contribution in [0.15, 0.2) is 23.8 Å². The van der Waals surface area contributed by atoms with E-state index in [-0.39, 0.29) is 5.84 Å². The van der Waals surface area contributed by atoms with Gasteiger partial charge in [-0.2, -0.15) is 0 Å². The highest BCUT2D eigenvalue weighted by Crippen LogP contribution is 2.38. The van der Waals surface area contributed by atoms with Crippen molar-refractivity contribution in [3.8, 4) is 0 Å². The third kappa shape index (κ3) is 1.56. The van der Waals surface area contributed by atoms with E-state index in [9.17, 15) is 0 Å². The Morgan fingerprint density at radius 2 is 2.20 bits per heavy atom. The minimum absolute atomic E-state index is 0.150. The monoisotopic (exact) mass is 200 g/mol. The number of amidine groups is 1. The first-order valence-corrected chi connectivity index (χ1v) is 5.30. The zero-order chi connectivity index (χ0) is 11.0. The number of benzene rings is 1. The molecule has 15 heavy (non-hydrogen) atoms. The van der Waals surface area contributed by atoms with E-state index < -0.39 is 0 Å². The van der Waals surface area contributed by atoms with Gasteiger partial charge < -0.3 is 5.73 Å². The molecule has 78 valence electrons. The number of rotatable bonds is 2. The van der Waals surface area contributed by atoms with Crippen LogP contribution in [0.3, 0.4) is 0 Å². The fourth-order valence-electron chi connectivity index (χ4n) is 2.31. The van der Waals surface area contributed by atoms with E-state index in [1.165, 1.54) is 16.7 Å². The van der Waals surface area contributed by atoms with Crippen molar-refractivity contribution >= 4 is 11.9 Å². The van der Waals surface area contributed by atoms with E-state index in [1.54, 1.807) is 0 Å². The number of hydrogen-bond donors (Lipinski definition) is 2. The standard InChI is InChI=1S/C13H16N2/c1-3-11-8(2)6-9-4-5-10(13(14)15)7-12(9)11/h4-7,11H,3H2,1-2H3,(H3,14,15). The van der Waals surface area contributed by atoms with E-state index >= 15 is 0 Å². The molecule has 0 fully saturated rings. The molecule has 0 spiro atoms. The molecule has 0 aromatic heterocycles. The number of allylic oxidation sites excluding steroid dienone is 1. The maximum atomic E-state index is 7.43. The van der Waals surface area contributed by atoms with Crippen molar-refractivity contribution in [2.24, 2.45) is 5.73 Å². The summed E-state index contributed by atoms with van der Waals surface area (Å²) in [5.74, 6) is 0.663. The molecular weight excluding hydrogens is 184 g/mol. The second-order valence-corrected chi connectivity index (χ2v) is 4.11. The molecule has 3 N–H and O–H groups in total. The summed E-state index contributed by atoms with van der Waals surface area (Å²) in [5, 5.41) is 7.43. The van der Waals surface area contributed by atoms with Crippen molar-refractivity contribution in [1.29, 1.82) is 5.41 Å². The normalized spacial score (nSPS) is 18.5. The lowest BCUT2D eigenvalue weighted by molar-refractivity contribution is 0.776. The van der Waals surface area contributed by atoms with Crippen molar-refractivity contribution in [3.63, 3.8) is 0 Å². The largest absolute Gasteiger partial charge is 0.384 e. The van der Waals surface area contributed by atoms with Crippen LogP contribution in [-0.2, 0) is 0 Å². The molecule has 1 aromatic carbocycles. The molecule has 0 bridgehead atoms. The summed E-state index contributed by atoms with van der Waals surface area (Å²) in [6, 6.07) is 6.03. The molecule has 0 saturated carbocycles. The molecule has 1 aliphatic carbocycles. The first-order chi connectivity index (χ1) is 7.13. The highest BCUT2D eigenvalue weighted by atomic mass is 14.7. The van der Waals surface area contributed by atoms with Gasteiger partial charge >= 0.3 is 0 Å². The molecule has 0 saturated heterocycles. The number of fused-ring (bicyclic) bond motifs is 1. The lowest BCUT2D eigenvalue weighted by Crippen LogP contribution is -2.11. The minimum Gasteiger partial charge on any atom is -0.384 e. The molecule has 0 radical (unpaired) electrons. The molecule has 0 amide bonds. The van der Waals surface area contributed by atoms with Gasteiger partial charge in [-0.05, 0) is 30.5 Å². The fourth-order valence-corrected chi connectivity index (χ4v) is 2.31. The molecule has 1 unspecified atom stereocenters. The van der Waals surface area contributed by atoms with Gasteiger partial charge in [0.1, 0.15) is 5.84 Å². The van der Waals surface area contributed by atoms with Crippen LogP contribution in [0.5, 0.6) is 0 Å². The molecular formula is C13H16N2. The van der Waals surface area contributed by atoms with Gasteiger partial charge in [-0.1, -0.05) is 30.7 Å². The Morgan fingerprint density at radius 1 is 1.47 bits per heavy atom. The SMILES string of the molecule is CCC1C(C)=Cc2ccc(C(=N)N)cc21. The van der Waals surface area contributed by atoms with Crippen molar-refractivity contribution in [2.45, 2.75) is 26.2 Å². The second-order valence-electron chi connectivity index (χ2n) is 4.11. The van der Waals surface area contributed by atoms with Crippen LogP contribution in [-0.4, -0.2) is 5.84 Å². The Labute approximate surface area is 90.3 Å². The average molecular weight is 200 g/mol. The summed E-state index contributed by atoms with van der Waals surface area (Å²) in [5.41, 5.74) is 10.3. The number of nitrogen functional groups attached to an aromatic ring is 1. The highest BCUT2D eigenvalue weighted by molar-refractivity contribution is 5.95. The van der Waals surface area contributed by atoms with Gasteiger partial charge in [-0.15, -0.1) is 0 Å². The maximum absolute atomic E-state index is 7.43. The van der Waals surface area contributed by atoms with Crippen LogP contribution >= 0.6 is 0 Å². The van der Waals surface area contributed by atoms with Crippen LogP contribution in [0.1, 0.15) is 42.9 Å². The molecule has 2 nitrogen and oxygen atoms in total. The molecule has 0 aliphatic heterocycles. The average Bonchev–Trinajstić information content (AvgIpc) is 2.51. The Balaban J connectivity index is 2.49. The molecule has 1 aromatic rings. The maximum Gasteiger partial charge on any atom is 0.122 e. The lowest BCUT2D eigenvalue weighted by Gasteiger charge is -2.12. The second kappa shape index (κ2) is 3.54. The number of nitrogens with two attached hydrogens (primary N) is 1. The zero-order valence-electron chi connectivity index (χ0n) is 9.17. The third-order valence-electron chi connectivity index (χ3n) is 3.11. The van der Waals surface area contributed by atoms with Gasteiger partial charge in [0.25, 0.3) is 0 Å². The van der Waals surface area contributed by atoms with Crippen molar-refractivity contribution in [3.05, 3.63) is 40.5 Å². The number of nitrogens with one attached hydrogen (secondary N) is 1. The fraction of sp³-hybridized carbons (Fsp3) is 0.308. The van der Waals surface area contributed by atoms with E-state index in [0.29, 0.717) is 5.92 Å². The number of hydrogen-bond acceptors (Lipinski definition) is 1. The van der Waals surface area contributed by atoms with Gasteiger partial charge in [0.15, 0.2) is 0 Å². The third-order valence-corrected chi connectivity index (χ3v) is 3.11. The van der Waals surface area contributed by atoms with Gasteiger partial charge in [-0.25, -0.2) is 0 Å². The van der Waals surface area contributed by atoms with E-state index in [4.69, 9.17) is 11.1 Å². The Kier molecular flexibility index (Phi) is 2.35. The van der Waals surface area contributed by atoms with E-state index in [2.05, 4.69) is 32.1 Å². The van der Waals surface area contributed by atoms with Gasteiger partial charge in [0, 0.05) is 11.5 Å². The van der Waals surface area contributed by atoms with Gasteiger partial charge in [-0.3, -0.25) is 5.41 Å². The first kappa shape index (κ1) is 9.97. The Bertz CT molecular complexity index is 444. The summed E-state index contributed by atoms with van der Waals surface area (Å²) in [6.07, 6.45) is 3.34. The van der Waals surface area contributed by atoms with Crippen molar-refractivity contribution < 1.29 is 0 Å². The lowest BCUT2D eigenvalue weighted by atomic mass is 9.93. The predicted molar refractivity (Wildman–Crippen MR) is 64.1 cm³/mol. The van der Waals surface area contributed by atoms with Crippen LogP contribution in [0, 0.1) is 5.41 Å². The summed E-state index contributed by atoms with van der Waals surface area (Å²) < 4.78 is 0. The van der Waals surface area contributed by atoms with Crippen molar-refractivity contribution in [1.82, 2.24) is 0 Å². The van der Waals surface area contributed by atoms with Crippen LogP contribution in [0.25, 0.3) is 6.08 Å². The molecule has 1 atom stereocenters.